The van der Waals surface area contributed by atoms with Gasteiger partial charge in [0.25, 0.3) is 5.56 Å². The summed E-state index contributed by atoms with van der Waals surface area (Å²) in [5.74, 6) is 0.892. The number of rotatable bonds is 4. The number of hydrogen-bond acceptors (Lipinski definition) is 6. The minimum absolute atomic E-state index is 0.0559. The number of nitrogens with zero attached hydrogens (tertiary/aromatic N) is 4. The molecular formula is C18H18ClN5O5. The predicted molar refractivity (Wildman–Crippen MR) is 105 cm³/mol. The number of halogens is 1. The molecule has 3 aromatic rings. The van der Waals surface area contributed by atoms with Crippen molar-refractivity contribution in [3.8, 4) is 11.5 Å². The highest BCUT2D eigenvalue weighted by atomic mass is 35.5. The molecule has 1 unspecified atom stereocenters. The number of para-hydroxylation sites is 2. The van der Waals surface area contributed by atoms with E-state index in [9.17, 15) is 14.4 Å². The Morgan fingerprint density at radius 2 is 1.97 bits per heavy atom. The van der Waals surface area contributed by atoms with Crippen molar-refractivity contribution in [1.29, 1.82) is 0 Å². The number of imidazole rings is 1. The third-order valence-electron chi connectivity index (χ3n) is 4.70. The smallest absolute Gasteiger partial charge is 0.332 e. The van der Waals surface area contributed by atoms with Gasteiger partial charge in [0.2, 0.25) is 11.2 Å². The van der Waals surface area contributed by atoms with Gasteiger partial charge in [-0.15, -0.1) is 0 Å². The van der Waals surface area contributed by atoms with Gasteiger partial charge in [-0.2, -0.15) is 4.98 Å². The summed E-state index contributed by atoms with van der Waals surface area (Å²) >= 11 is 6.13. The summed E-state index contributed by atoms with van der Waals surface area (Å²) in [4.78, 5) is 41.0. The second-order valence-corrected chi connectivity index (χ2v) is 6.98. The van der Waals surface area contributed by atoms with Gasteiger partial charge in [-0.3, -0.25) is 23.3 Å². The molecule has 4 rings (SSSR count). The molecule has 0 spiro atoms. The van der Waals surface area contributed by atoms with Crippen molar-refractivity contribution in [2.75, 3.05) is 13.2 Å². The number of ether oxygens (including phenoxy) is 2. The van der Waals surface area contributed by atoms with Crippen LogP contribution >= 0.6 is 11.6 Å². The first-order chi connectivity index (χ1) is 13.9. The lowest BCUT2D eigenvalue weighted by Gasteiger charge is -2.26. The van der Waals surface area contributed by atoms with E-state index >= 15 is 0 Å². The molecule has 1 N–H and O–H groups in total. The molecule has 0 bridgehead atoms. The third-order valence-corrected chi connectivity index (χ3v) is 4.99. The number of aromatic nitrogens is 4. The minimum Gasteiger partial charge on any atom is -0.486 e. The van der Waals surface area contributed by atoms with E-state index in [1.54, 1.807) is 6.07 Å². The lowest BCUT2D eigenvalue weighted by atomic mass is 10.2. The van der Waals surface area contributed by atoms with Crippen molar-refractivity contribution >= 4 is 28.7 Å². The number of fused-ring (bicyclic) bond motifs is 2. The number of nitrogens with one attached hydrogen (secondary N) is 1. The number of benzene rings is 1. The van der Waals surface area contributed by atoms with Crippen LogP contribution in [-0.2, 0) is 25.4 Å². The molecule has 10 nitrogen and oxygen atoms in total. The van der Waals surface area contributed by atoms with Gasteiger partial charge in [0.1, 0.15) is 19.3 Å². The largest absolute Gasteiger partial charge is 0.486 e. The van der Waals surface area contributed by atoms with Gasteiger partial charge in [0, 0.05) is 14.1 Å². The molecule has 2 aromatic heterocycles. The molecule has 1 aliphatic rings. The lowest BCUT2D eigenvalue weighted by Crippen LogP contribution is -2.42. The maximum absolute atomic E-state index is 12.5. The number of hydrogen-bond donors (Lipinski definition) is 1. The molecule has 11 heteroatoms. The van der Waals surface area contributed by atoms with E-state index in [1.807, 2.05) is 18.2 Å². The summed E-state index contributed by atoms with van der Waals surface area (Å²) in [7, 11) is 2.84. The van der Waals surface area contributed by atoms with Crippen molar-refractivity contribution < 1.29 is 14.3 Å². The van der Waals surface area contributed by atoms with Crippen molar-refractivity contribution in [1.82, 2.24) is 24.0 Å². The first-order valence-corrected chi connectivity index (χ1v) is 9.21. The second kappa shape index (κ2) is 7.28. The van der Waals surface area contributed by atoms with Gasteiger partial charge < -0.3 is 14.8 Å². The first kappa shape index (κ1) is 19.1. The monoisotopic (exact) mass is 419 g/mol. The quantitative estimate of drug-likeness (QED) is 0.598. The van der Waals surface area contributed by atoms with Gasteiger partial charge >= 0.3 is 5.69 Å². The van der Waals surface area contributed by atoms with Crippen molar-refractivity contribution in [3.63, 3.8) is 0 Å². The Labute approximate surface area is 169 Å². The molecule has 1 aromatic carbocycles. The molecule has 1 atom stereocenters. The molecule has 0 saturated carbocycles. The van der Waals surface area contributed by atoms with Gasteiger partial charge in [0.05, 0.1) is 6.54 Å². The topological polar surface area (TPSA) is 109 Å². The number of carbonyl (C=O) groups is 1. The predicted octanol–water partition coefficient (Wildman–Crippen LogP) is 0.0433. The van der Waals surface area contributed by atoms with E-state index in [2.05, 4.69) is 10.3 Å². The highest BCUT2D eigenvalue weighted by Gasteiger charge is 2.23. The Hall–Kier alpha value is -3.27. The van der Waals surface area contributed by atoms with Gasteiger partial charge in [-0.05, 0) is 23.7 Å². The molecule has 0 fully saturated rings. The lowest BCUT2D eigenvalue weighted by molar-refractivity contribution is -0.122. The molecule has 3 heterocycles. The maximum Gasteiger partial charge on any atom is 0.332 e. The number of carbonyl (C=O) groups excluding carboxylic acids is 1. The van der Waals surface area contributed by atoms with Crippen LogP contribution in [0.5, 0.6) is 11.5 Å². The first-order valence-electron chi connectivity index (χ1n) is 8.83. The van der Waals surface area contributed by atoms with E-state index in [-0.39, 0.29) is 41.5 Å². The molecule has 1 amide bonds. The summed E-state index contributed by atoms with van der Waals surface area (Å²) in [5.41, 5.74) is -0.892. The summed E-state index contributed by atoms with van der Waals surface area (Å²) in [6, 6.07) is 7.29. The summed E-state index contributed by atoms with van der Waals surface area (Å²) < 4.78 is 14.8. The average Bonchev–Trinajstić information content (AvgIpc) is 3.05. The van der Waals surface area contributed by atoms with Crippen LogP contribution in [0, 0.1) is 0 Å². The maximum atomic E-state index is 12.5. The zero-order chi connectivity index (χ0) is 20.7. The Kier molecular flexibility index (Phi) is 4.79. The molecule has 0 aliphatic carbocycles. The molecule has 29 heavy (non-hydrogen) atoms. The average molecular weight is 420 g/mol. The van der Waals surface area contributed by atoms with E-state index < -0.39 is 11.2 Å². The summed E-state index contributed by atoms with van der Waals surface area (Å²) in [6.45, 7) is 0.287. The molecule has 1 aliphatic heterocycles. The number of amides is 1. The molecular weight excluding hydrogens is 402 g/mol. The van der Waals surface area contributed by atoms with Crippen molar-refractivity contribution in [3.05, 3.63) is 50.4 Å². The zero-order valence-electron chi connectivity index (χ0n) is 15.7. The van der Waals surface area contributed by atoms with Crippen LogP contribution in [0.1, 0.15) is 0 Å². The summed E-state index contributed by atoms with van der Waals surface area (Å²) in [6.07, 6.45) is -0.349. The Bertz CT molecular complexity index is 1230. The Morgan fingerprint density at radius 3 is 2.72 bits per heavy atom. The van der Waals surface area contributed by atoms with Crippen LogP contribution in [0.4, 0.5) is 0 Å². The van der Waals surface area contributed by atoms with Crippen LogP contribution in [-0.4, -0.2) is 43.8 Å². The van der Waals surface area contributed by atoms with Gasteiger partial charge in [-0.1, -0.05) is 12.1 Å². The fourth-order valence-corrected chi connectivity index (χ4v) is 3.38. The zero-order valence-corrected chi connectivity index (χ0v) is 16.5. The van der Waals surface area contributed by atoms with Crippen LogP contribution in [0.3, 0.4) is 0 Å². The second-order valence-electron chi connectivity index (χ2n) is 6.65. The molecule has 152 valence electrons. The van der Waals surface area contributed by atoms with Gasteiger partial charge in [-0.25, -0.2) is 4.79 Å². The molecule has 0 saturated heterocycles. The van der Waals surface area contributed by atoms with Crippen LogP contribution in [0.15, 0.2) is 33.9 Å². The fraction of sp³-hybridized carbons (Fsp3) is 0.333. The van der Waals surface area contributed by atoms with Crippen LogP contribution in [0.2, 0.25) is 5.28 Å². The number of aryl methyl sites for hydroxylation is 1. The third kappa shape index (κ3) is 3.35. The molecule has 0 radical (unpaired) electrons. The standard InChI is InChI=1S/C18H18ClN5O5/c1-22-15-14(16(26)23(2)18(22)27)24(17(19)21-15)8-13(25)20-7-10-9-28-11-5-3-4-6-12(11)29-10/h3-6,10H,7-9H2,1-2H3,(H,20,25). The highest BCUT2D eigenvalue weighted by molar-refractivity contribution is 6.29. The van der Waals surface area contributed by atoms with Crippen molar-refractivity contribution in [2.45, 2.75) is 12.6 Å². The van der Waals surface area contributed by atoms with E-state index in [1.165, 1.54) is 23.2 Å². The fourth-order valence-electron chi connectivity index (χ4n) is 3.16. The van der Waals surface area contributed by atoms with Crippen LogP contribution in [0.25, 0.3) is 11.2 Å². The van der Waals surface area contributed by atoms with E-state index in [0.717, 1.165) is 4.57 Å². The van der Waals surface area contributed by atoms with Crippen LogP contribution < -0.4 is 26.0 Å². The van der Waals surface area contributed by atoms with Gasteiger partial charge in [0.15, 0.2) is 22.7 Å². The van der Waals surface area contributed by atoms with E-state index in [4.69, 9.17) is 21.1 Å². The Morgan fingerprint density at radius 1 is 1.24 bits per heavy atom. The van der Waals surface area contributed by atoms with E-state index in [0.29, 0.717) is 18.1 Å². The SMILES string of the molecule is Cn1c(=O)c2c(nc(Cl)n2CC(=O)NCC2COc3ccccc3O2)n(C)c1=O. The normalized spacial score (nSPS) is 15.5. The summed E-state index contributed by atoms with van der Waals surface area (Å²) in [5, 5.41) is 2.69. The van der Waals surface area contributed by atoms with Crippen molar-refractivity contribution in [2.24, 2.45) is 14.1 Å². The Balaban J connectivity index is 1.50. The minimum atomic E-state index is -0.573. The highest BCUT2D eigenvalue weighted by Crippen LogP contribution is 2.30.